The van der Waals surface area contributed by atoms with Crippen molar-refractivity contribution in [2.24, 2.45) is 0 Å². The summed E-state index contributed by atoms with van der Waals surface area (Å²) in [5.74, 6) is -3.28. The first-order valence-corrected chi connectivity index (χ1v) is 8.96. The van der Waals surface area contributed by atoms with Crippen LogP contribution in [0.25, 0.3) is 0 Å². The summed E-state index contributed by atoms with van der Waals surface area (Å²) in [5, 5.41) is 3.14. The Morgan fingerprint density at radius 3 is 2.03 bits per heavy atom. The van der Waals surface area contributed by atoms with Gasteiger partial charge in [0.1, 0.15) is 0 Å². The minimum atomic E-state index is -5.46. The molecule has 0 fully saturated rings. The molecule has 0 saturated heterocycles. The third kappa shape index (κ3) is 5.40. The summed E-state index contributed by atoms with van der Waals surface area (Å²) in [6, 6.07) is 7.55. The summed E-state index contributed by atoms with van der Waals surface area (Å²) in [6.07, 6.45) is -10.2. The van der Waals surface area contributed by atoms with Gasteiger partial charge in [0, 0.05) is 5.69 Å². The highest BCUT2D eigenvalue weighted by Gasteiger charge is 2.63. The summed E-state index contributed by atoms with van der Waals surface area (Å²) in [7, 11) is 0. The van der Waals surface area contributed by atoms with E-state index in [9.17, 15) is 35.9 Å². The number of halogens is 7. The van der Waals surface area contributed by atoms with Crippen LogP contribution in [0, 0.1) is 0 Å². The van der Waals surface area contributed by atoms with Crippen LogP contribution in [0.4, 0.5) is 32.0 Å². The fraction of sp³-hybridized carbons (Fsp3) is 0.263. The third-order valence-corrected chi connectivity index (χ3v) is 4.30. The number of hydrogen-bond donors (Lipinski definition) is 2. The van der Waals surface area contributed by atoms with Gasteiger partial charge < -0.3 is 15.4 Å². The number of amides is 1. The molecule has 0 aromatic heterocycles. The summed E-state index contributed by atoms with van der Waals surface area (Å²) in [5.41, 5.74) is -5.82. The summed E-state index contributed by atoms with van der Waals surface area (Å²) in [4.78, 5) is 24.9. The van der Waals surface area contributed by atoms with Gasteiger partial charge in [-0.1, -0.05) is 23.7 Å². The Balaban J connectivity index is 2.52. The number of hydrogen-bond acceptors (Lipinski definition) is 4. The smallest absolute Gasteiger partial charge is 0.441 e. The van der Waals surface area contributed by atoms with Crippen molar-refractivity contribution >= 4 is 29.2 Å². The number of anilines is 1. The molecule has 0 aliphatic carbocycles. The molecule has 1 amide bonds. The van der Waals surface area contributed by atoms with Gasteiger partial charge in [0.15, 0.2) is 0 Å². The fourth-order valence-electron chi connectivity index (χ4n) is 2.47. The second kappa shape index (κ2) is 9.04. The molecule has 168 valence electrons. The molecule has 5 nitrogen and oxygen atoms in total. The highest BCUT2D eigenvalue weighted by Crippen LogP contribution is 2.35. The first-order valence-electron chi connectivity index (χ1n) is 8.58. The zero-order chi connectivity index (χ0) is 23.4. The van der Waals surface area contributed by atoms with Crippen molar-refractivity contribution in [1.82, 2.24) is 5.32 Å². The largest absolute Gasteiger partial charge is 0.463 e. The topological polar surface area (TPSA) is 67.4 Å². The van der Waals surface area contributed by atoms with Crippen molar-refractivity contribution in [2.75, 3.05) is 11.9 Å². The van der Waals surface area contributed by atoms with Crippen LogP contribution in [-0.2, 0) is 15.7 Å². The quantitative estimate of drug-likeness (QED) is 0.355. The van der Waals surface area contributed by atoms with Gasteiger partial charge in [-0.15, -0.1) is 0 Å². The Bertz CT molecular complexity index is 947. The molecule has 1 atom stereocenters. The molecule has 0 aliphatic rings. The van der Waals surface area contributed by atoms with Crippen molar-refractivity contribution in [3.8, 4) is 0 Å². The fourth-order valence-corrected chi connectivity index (χ4v) is 2.69. The number of carbonyl (C=O) groups is 2. The Kier molecular flexibility index (Phi) is 7.10. The molecule has 31 heavy (non-hydrogen) atoms. The van der Waals surface area contributed by atoms with Crippen LogP contribution >= 0.6 is 11.6 Å². The first kappa shape index (κ1) is 24.3. The van der Waals surface area contributed by atoms with E-state index in [4.69, 9.17) is 11.6 Å². The van der Waals surface area contributed by atoms with Crippen LogP contribution in [0.1, 0.15) is 22.8 Å². The molecule has 0 unspecified atom stereocenters. The van der Waals surface area contributed by atoms with E-state index in [0.717, 1.165) is 6.07 Å². The van der Waals surface area contributed by atoms with Gasteiger partial charge >= 0.3 is 24.0 Å². The van der Waals surface area contributed by atoms with Crippen molar-refractivity contribution in [3.63, 3.8) is 0 Å². The summed E-state index contributed by atoms with van der Waals surface area (Å²) >= 11 is 5.84. The molecule has 0 aliphatic heterocycles. The second-order valence-corrected chi connectivity index (χ2v) is 6.51. The van der Waals surface area contributed by atoms with Gasteiger partial charge in [-0.3, -0.25) is 4.79 Å². The third-order valence-electron chi connectivity index (χ3n) is 3.97. The highest BCUT2D eigenvalue weighted by molar-refractivity contribution is 6.33. The van der Waals surface area contributed by atoms with E-state index in [1.807, 2.05) is 0 Å². The predicted molar refractivity (Wildman–Crippen MR) is 99.4 cm³/mol. The van der Waals surface area contributed by atoms with Gasteiger partial charge in [-0.25, -0.2) is 4.79 Å². The molecule has 0 saturated carbocycles. The average Bonchev–Trinajstić information content (AvgIpc) is 2.66. The number of alkyl halides is 6. The molecule has 2 rings (SSSR count). The molecule has 2 N–H and O–H groups in total. The Hall–Kier alpha value is -2.95. The van der Waals surface area contributed by atoms with Crippen molar-refractivity contribution in [1.29, 1.82) is 0 Å². The number of carbonyl (C=O) groups excluding carboxylic acids is 2. The maximum atomic E-state index is 14.1. The summed E-state index contributed by atoms with van der Waals surface area (Å²) < 4.78 is 85.0. The van der Waals surface area contributed by atoms with Crippen molar-refractivity contribution < 1.29 is 40.7 Å². The van der Waals surface area contributed by atoms with Crippen LogP contribution in [0.2, 0.25) is 5.02 Å². The van der Waals surface area contributed by atoms with Gasteiger partial charge in [0.05, 0.1) is 22.8 Å². The SMILES string of the molecule is CCOC(=O)[C@](NC(=O)c1ccccc1Cl)(Nc1ccc(C(F)(F)F)cc1)C(F)(F)F. The average molecular weight is 469 g/mol. The van der Waals surface area contributed by atoms with Crippen LogP contribution < -0.4 is 10.6 Å². The first-order chi connectivity index (χ1) is 14.3. The van der Waals surface area contributed by atoms with E-state index < -0.39 is 47.7 Å². The maximum Gasteiger partial charge on any atom is 0.441 e. The molecule has 0 radical (unpaired) electrons. The van der Waals surface area contributed by atoms with Crippen LogP contribution in [0.15, 0.2) is 48.5 Å². The number of esters is 1. The Morgan fingerprint density at radius 2 is 1.55 bits per heavy atom. The van der Waals surface area contributed by atoms with Crippen LogP contribution in [-0.4, -0.2) is 30.3 Å². The zero-order valence-electron chi connectivity index (χ0n) is 15.7. The van der Waals surface area contributed by atoms with Gasteiger partial charge in [0.2, 0.25) is 0 Å². The molecule has 2 aromatic carbocycles. The number of ether oxygens (including phenoxy) is 1. The number of rotatable bonds is 6. The van der Waals surface area contributed by atoms with E-state index in [1.165, 1.54) is 25.1 Å². The number of nitrogens with one attached hydrogen (secondary N) is 2. The van der Waals surface area contributed by atoms with E-state index in [-0.39, 0.29) is 10.6 Å². The maximum absolute atomic E-state index is 14.1. The molecule has 0 bridgehead atoms. The van der Waals surface area contributed by atoms with Gasteiger partial charge in [-0.2, -0.15) is 26.3 Å². The molecule has 0 spiro atoms. The molecule has 0 heterocycles. The monoisotopic (exact) mass is 468 g/mol. The van der Waals surface area contributed by atoms with E-state index in [1.54, 1.807) is 10.6 Å². The molecule has 2 aromatic rings. The van der Waals surface area contributed by atoms with Crippen LogP contribution in [0.5, 0.6) is 0 Å². The highest BCUT2D eigenvalue weighted by atomic mass is 35.5. The van der Waals surface area contributed by atoms with E-state index in [2.05, 4.69) is 4.74 Å². The normalized spacial score (nSPS) is 13.8. The lowest BCUT2D eigenvalue weighted by atomic mass is 10.1. The van der Waals surface area contributed by atoms with Gasteiger partial charge in [-0.05, 0) is 43.3 Å². The molecular weight excluding hydrogens is 454 g/mol. The minimum absolute atomic E-state index is 0.186. The number of benzene rings is 2. The standard InChI is InChI=1S/C19H15ClF6N2O3/c1-2-31-16(30)17(19(24,25)26,28-15(29)13-5-3-4-6-14(13)20)27-12-9-7-11(8-10-12)18(21,22)23/h3-10,27H,2H2,1H3,(H,28,29)/t17-/m1/s1. The molecule has 12 heteroatoms. The lowest BCUT2D eigenvalue weighted by molar-refractivity contribution is -0.204. The minimum Gasteiger partial charge on any atom is -0.463 e. The van der Waals surface area contributed by atoms with Crippen LogP contribution in [0.3, 0.4) is 0 Å². The van der Waals surface area contributed by atoms with E-state index >= 15 is 0 Å². The van der Waals surface area contributed by atoms with Crippen molar-refractivity contribution in [2.45, 2.75) is 24.9 Å². The lowest BCUT2D eigenvalue weighted by Crippen LogP contribution is -2.69. The lowest BCUT2D eigenvalue weighted by Gasteiger charge is -2.35. The summed E-state index contributed by atoms with van der Waals surface area (Å²) in [6.45, 7) is 0.778. The van der Waals surface area contributed by atoms with Gasteiger partial charge in [0.25, 0.3) is 5.91 Å². The Labute approximate surface area is 177 Å². The molecular formula is C19H15ClF6N2O3. The van der Waals surface area contributed by atoms with E-state index in [0.29, 0.717) is 24.3 Å². The second-order valence-electron chi connectivity index (χ2n) is 6.10. The zero-order valence-corrected chi connectivity index (χ0v) is 16.5. The Morgan fingerprint density at radius 1 is 0.968 bits per heavy atom. The predicted octanol–water partition coefficient (Wildman–Crippen LogP) is 5.02. The van der Waals surface area contributed by atoms with Crippen molar-refractivity contribution in [3.05, 3.63) is 64.7 Å².